The molecule has 1 aromatic heterocycles. The van der Waals surface area contributed by atoms with E-state index in [1.54, 1.807) is 0 Å². The third-order valence-electron chi connectivity index (χ3n) is 6.11. The number of aryl methyl sites for hydroxylation is 1. The SMILES string of the molecule is Cc1nnc(NC(=O)C2c3ccccc3C(=O)N(CC(C)C)C23CCCCC3)s1. The molecule has 2 heterocycles. The Morgan fingerprint density at radius 3 is 2.62 bits per heavy atom. The van der Waals surface area contributed by atoms with Crippen molar-refractivity contribution < 1.29 is 9.59 Å². The first kappa shape index (κ1) is 20.0. The zero-order valence-electron chi connectivity index (χ0n) is 17.3. The summed E-state index contributed by atoms with van der Waals surface area (Å²) >= 11 is 1.37. The van der Waals surface area contributed by atoms with Gasteiger partial charge in [-0.05, 0) is 37.3 Å². The highest BCUT2D eigenvalue weighted by molar-refractivity contribution is 7.15. The number of benzene rings is 1. The average Bonchev–Trinajstić information content (AvgIpc) is 3.10. The zero-order chi connectivity index (χ0) is 20.6. The lowest BCUT2D eigenvalue weighted by Gasteiger charge is -2.54. The second-order valence-corrected chi connectivity index (χ2v) is 9.79. The Kier molecular flexibility index (Phi) is 5.42. The summed E-state index contributed by atoms with van der Waals surface area (Å²) < 4.78 is 0. The van der Waals surface area contributed by atoms with Gasteiger partial charge in [-0.1, -0.05) is 62.6 Å². The third-order valence-corrected chi connectivity index (χ3v) is 6.86. The number of anilines is 1. The van der Waals surface area contributed by atoms with Crippen LogP contribution in [0.2, 0.25) is 0 Å². The van der Waals surface area contributed by atoms with Crippen LogP contribution in [0.15, 0.2) is 24.3 Å². The molecule has 4 rings (SSSR count). The summed E-state index contributed by atoms with van der Waals surface area (Å²) in [5.74, 6) is -0.0963. The number of rotatable bonds is 4. The van der Waals surface area contributed by atoms with Gasteiger partial charge in [-0.15, -0.1) is 10.2 Å². The maximum absolute atomic E-state index is 13.6. The van der Waals surface area contributed by atoms with Crippen molar-refractivity contribution >= 4 is 28.3 Å². The molecule has 7 heteroatoms. The summed E-state index contributed by atoms with van der Waals surface area (Å²) in [4.78, 5) is 29.2. The number of fused-ring (bicyclic) bond motifs is 1. The second-order valence-electron chi connectivity index (χ2n) is 8.61. The molecule has 2 aromatic rings. The normalized spacial score (nSPS) is 20.8. The van der Waals surface area contributed by atoms with E-state index in [2.05, 4.69) is 29.4 Å². The molecule has 29 heavy (non-hydrogen) atoms. The summed E-state index contributed by atoms with van der Waals surface area (Å²) in [6.45, 7) is 6.79. The Labute approximate surface area is 175 Å². The molecule has 1 fully saturated rings. The predicted molar refractivity (Wildman–Crippen MR) is 114 cm³/mol. The number of hydrogen-bond acceptors (Lipinski definition) is 5. The van der Waals surface area contributed by atoms with Gasteiger partial charge in [0.05, 0.1) is 11.5 Å². The minimum atomic E-state index is -0.474. The fraction of sp³-hybridized carbons (Fsp3) is 0.545. The molecular formula is C22H28N4O2S. The van der Waals surface area contributed by atoms with Crippen molar-refractivity contribution in [3.05, 3.63) is 40.4 Å². The van der Waals surface area contributed by atoms with Crippen molar-refractivity contribution in [2.24, 2.45) is 5.92 Å². The van der Waals surface area contributed by atoms with E-state index < -0.39 is 11.5 Å². The molecule has 1 N–H and O–H groups in total. The molecule has 154 valence electrons. The summed E-state index contributed by atoms with van der Waals surface area (Å²) in [5.41, 5.74) is 1.02. The van der Waals surface area contributed by atoms with E-state index in [0.29, 0.717) is 23.2 Å². The lowest BCUT2D eigenvalue weighted by molar-refractivity contribution is -0.122. The smallest absolute Gasteiger partial charge is 0.254 e. The number of carbonyl (C=O) groups excluding carboxylic acids is 2. The molecule has 2 amide bonds. The van der Waals surface area contributed by atoms with Gasteiger partial charge in [-0.3, -0.25) is 14.9 Å². The topological polar surface area (TPSA) is 75.2 Å². The van der Waals surface area contributed by atoms with E-state index >= 15 is 0 Å². The predicted octanol–water partition coefficient (Wildman–Crippen LogP) is 4.38. The van der Waals surface area contributed by atoms with Gasteiger partial charge in [-0.25, -0.2) is 0 Å². The number of carbonyl (C=O) groups is 2. The van der Waals surface area contributed by atoms with Crippen LogP contribution in [-0.2, 0) is 4.79 Å². The van der Waals surface area contributed by atoms with Crippen molar-refractivity contribution in [3.8, 4) is 0 Å². The Morgan fingerprint density at radius 2 is 1.97 bits per heavy atom. The van der Waals surface area contributed by atoms with E-state index in [0.717, 1.165) is 42.7 Å². The Morgan fingerprint density at radius 1 is 1.24 bits per heavy atom. The standard InChI is InChI=1S/C22H28N4O2S/c1-14(2)13-26-20(28)17-10-6-5-9-16(17)18(22(26)11-7-4-8-12-22)19(27)23-21-25-24-15(3)29-21/h5-6,9-10,14,18H,4,7-8,11-13H2,1-3H3,(H,23,25,27). The van der Waals surface area contributed by atoms with Crippen molar-refractivity contribution in [2.75, 3.05) is 11.9 Å². The van der Waals surface area contributed by atoms with E-state index in [4.69, 9.17) is 0 Å². The fourth-order valence-electron chi connectivity index (χ4n) is 5.00. The summed E-state index contributed by atoms with van der Waals surface area (Å²) in [6, 6.07) is 7.62. The molecule has 1 aromatic carbocycles. The Bertz CT molecular complexity index is 917. The van der Waals surface area contributed by atoms with Gasteiger partial charge in [0.15, 0.2) is 0 Å². The number of amides is 2. The fourth-order valence-corrected chi connectivity index (χ4v) is 5.59. The van der Waals surface area contributed by atoms with Gasteiger partial charge < -0.3 is 4.90 Å². The lowest BCUT2D eigenvalue weighted by Crippen LogP contribution is -2.62. The van der Waals surface area contributed by atoms with E-state index in [-0.39, 0.29) is 11.8 Å². The van der Waals surface area contributed by atoms with Gasteiger partial charge in [-0.2, -0.15) is 0 Å². The molecule has 0 bridgehead atoms. The quantitative estimate of drug-likeness (QED) is 0.808. The maximum atomic E-state index is 13.6. The molecule has 1 unspecified atom stereocenters. The number of hydrogen-bond donors (Lipinski definition) is 1. The highest BCUT2D eigenvalue weighted by Crippen LogP contribution is 2.49. The first-order valence-electron chi connectivity index (χ1n) is 10.4. The van der Waals surface area contributed by atoms with Crippen LogP contribution in [0.25, 0.3) is 0 Å². The Hall–Kier alpha value is -2.28. The van der Waals surface area contributed by atoms with E-state index in [1.807, 2.05) is 36.1 Å². The van der Waals surface area contributed by atoms with Crippen LogP contribution in [0.1, 0.15) is 72.8 Å². The first-order chi connectivity index (χ1) is 13.9. The molecule has 1 spiro atoms. The third kappa shape index (κ3) is 3.56. The van der Waals surface area contributed by atoms with E-state index in [1.165, 1.54) is 11.3 Å². The van der Waals surface area contributed by atoms with Gasteiger partial charge >= 0.3 is 0 Å². The molecular weight excluding hydrogens is 384 g/mol. The molecule has 0 radical (unpaired) electrons. The second kappa shape index (κ2) is 7.86. The highest BCUT2D eigenvalue weighted by Gasteiger charge is 2.54. The molecule has 1 atom stereocenters. The van der Waals surface area contributed by atoms with E-state index in [9.17, 15) is 9.59 Å². The monoisotopic (exact) mass is 412 g/mol. The van der Waals surface area contributed by atoms with Gasteiger partial charge in [0.25, 0.3) is 5.91 Å². The average molecular weight is 413 g/mol. The van der Waals surface area contributed by atoms with Crippen LogP contribution >= 0.6 is 11.3 Å². The minimum Gasteiger partial charge on any atom is -0.332 e. The molecule has 1 saturated carbocycles. The van der Waals surface area contributed by atoms with Gasteiger partial charge in [0.2, 0.25) is 11.0 Å². The zero-order valence-corrected chi connectivity index (χ0v) is 18.1. The minimum absolute atomic E-state index is 0.0620. The first-order valence-corrected chi connectivity index (χ1v) is 11.3. The summed E-state index contributed by atoms with van der Waals surface area (Å²) in [5, 5.41) is 12.4. The molecule has 0 saturated heterocycles. The van der Waals surface area contributed by atoms with Crippen LogP contribution in [0.4, 0.5) is 5.13 Å². The summed E-state index contributed by atoms with van der Waals surface area (Å²) in [6.07, 6.45) is 4.93. The molecule has 6 nitrogen and oxygen atoms in total. The van der Waals surface area contributed by atoms with Crippen LogP contribution in [0.5, 0.6) is 0 Å². The van der Waals surface area contributed by atoms with Crippen molar-refractivity contribution in [1.82, 2.24) is 15.1 Å². The van der Waals surface area contributed by atoms with Crippen molar-refractivity contribution in [2.45, 2.75) is 64.3 Å². The van der Waals surface area contributed by atoms with Crippen LogP contribution < -0.4 is 5.32 Å². The van der Waals surface area contributed by atoms with Gasteiger partial charge in [0, 0.05) is 12.1 Å². The van der Waals surface area contributed by atoms with Crippen LogP contribution in [-0.4, -0.2) is 39.0 Å². The largest absolute Gasteiger partial charge is 0.332 e. The maximum Gasteiger partial charge on any atom is 0.254 e. The van der Waals surface area contributed by atoms with Crippen molar-refractivity contribution in [3.63, 3.8) is 0 Å². The lowest BCUT2D eigenvalue weighted by atomic mass is 9.65. The number of aromatic nitrogens is 2. The van der Waals surface area contributed by atoms with Crippen LogP contribution in [0.3, 0.4) is 0 Å². The molecule has 1 aliphatic heterocycles. The van der Waals surface area contributed by atoms with Gasteiger partial charge in [0.1, 0.15) is 5.01 Å². The molecule has 2 aliphatic rings. The van der Waals surface area contributed by atoms with Crippen LogP contribution in [0, 0.1) is 12.8 Å². The number of nitrogens with one attached hydrogen (secondary N) is 1. The van der Waals surface area contributed by atoms with Crippen molar-refractivity contribution in [1.29, 1.82) is 0 Å². The summed E-state index contributed by atoms with van der Waals surface area (Å²) in [7, 11) is 0. The Balaban J connectivity index is 1.82. The highest BCUT2D eigenvalue weighted by atomic mass is 32.1. The molecule has 1 aliphatic carbocycles. The number of nitrogens with zero attached hydrogens (tertiary/aromatic N) is 3.